The van der Waals surface area contributed by atoms with Crippen molar-refractivity contribution < 1.29 is 4.58 Å². The van der Waals surface area contributed by atoms with Crippen molar-refractivity contribution >= 4 is 5.84 Å². The molecule has 1 unspecified atom stereocenters. The lowest BCUT2D eigenvalue weighted by molar-refractivity contribution is -0.569. The van der Waals surface area contributed by atoms with Crippen LogP contribution in [0, 0.1) is 0 Å². The van der Waals surface area contributed by atoms with Crippen molar-refractivity contribution in [2.45, 2.75) is 39.2 Å². The lowest BCUT2D eigenvalue weighted by Crippen LogP contribution is -2.37. The van der Waals surface area contributed by atoms with Crippen molar-refractivity contribution in [2.24, 2.45) is 0 Å². The molecule has 1 aliphatic heterocycles. The maximum absolute atomic E-state index is 2.44. The van der Waals surface area contributed by atoms with E-state index in [2.05, 4.69) is 44.3 Å². The molecule has 0 amide bonds. The van der Waals surface area contributed by atoms with Crippen LogP contribution in [-0.2, 0) is 0 Å². The Morgan fingerprint density at radius 2 is 2.08 bits per heavy atom. The molecule has 1 atom stereocenters. The van der Waals surface area contributed by atoms with E-state index < -0.39 is 0 Å². The average Bonchev–Trinajstić information content (AvgIpc) is 2.25. The fraction of sp³-hybridized carbons (Fsp3) is 0.900. The number of amidine groups is 1. The predicted octanol–water partition coefficient (Wildman–Crippen LogP) is 1.55. The second-order valence-electron chi connectivity index (χ2n) is 4.04. The minimum absolute atomic E-state index is 0.361. The van der Waals surface area contributed by atoms with Crippen molar-refractivity contribution in [3.63, 3.8) is 0 Å². The molecule has 0 fully saturated rings. The molecule has 0 spiro atoms. The summed E-state index contributed by atoms with van der Waals surface area (Å²) < 4.78 is 2.44. The van der Waals surface area contributed by atoms with Gasteiger partial charge in [-0.3, -0.25) is 9.48 Å². The molecule has 0 saturated heterocycles. The first-order chi connectivity index (χ1) is 5.55. The van der Waals surface area contributed by atoms with Gasteiger partial charge in [0.25, 0.3) is 0 Å². The van der Waals surface area contributed by atoms with Crippen LogP contribution in [0.5, 0.6) is 0 Å². The van der Waals surface area contributed by atoms with Crippen molar-refractivity contribution in [3.8, 4) is 0 Å². The first-order valence-electron chi connectivity index (χ1n) is 4.86. The molecule has 0 aromatic heterocycles. The van der Waals surface area contributed by atoms with Crippen molar-refractivity contribution in [1.29, 1.82) is 0 Å². The summed E-state index contributed by atoms with van der Waals surface area (Å²) >= 11 is 0. The minimum Gasteiger partial charge on any atom is -0.264 e. The number of rotatable bonds is 2. The third-order valence-corrected chi connectivity index (χ3v) is 3.29. The summed E-state index contributed by atoms with van der Waals surface area (Å²) in [6.07, 6.45) is 2.36. The molecule has 2 nitrogen and oxygen atoms in total. The molecule has 70 valence electrons. The van der Waals surface area contributed by atoms with E-state index in [1.54, 1.807) is 0 Å². The zero-order valence-corrected chi connectivity index (χ0v) is 9.02. The lowest BCUT2D eigenvalue weighted by Gasteiger charge is -2.19. The SMILES string of the molecule is CCC1=[N+](C)C(C)(CC)CN1C. The van der Waals surface area contributed by atoms with E-state index in [1.807, 2.05) is 0 Å². The summed E-state index contributed by atoms with van der Waals surface area (Å²) in [5.41, 5.74) is 0.361. The summed E-state index contributed by atoms with van der Waals surface area (Å²) in [7, 11) is 4.40. The van der Waals surface area contributed by atoms with Crippen molar-refractivity contribution in [2.75, 3.05) is 20.6 Å². The van der Waals surface area contributed by atoms with Crippen LogP contribution >= 0.6 is 0 Å². The summed E-state index contributed by atoms with van der Waals surface area (Å²) in [6.45, 7) is 8.00. The molecule has 0 aliphatic carbocycles. The van der Waals surface area contributed by atoms with E-state index >= 15 is 0 Å². The zero-order chi connectivity index (χ0) is 9.35. The summed E-state index contributed by atoms with van der Waals surface area (Å²) in [6, 6.07) is 0. The van der Waals surface area contributed by atoms with Gasteiger partial charge in [0, 0.05) is 6.42 Å². The minimum atomic E-state index is 0.361. The molecule has 1 heterocycles. The van der Waals surface area contributed by atoms with Gasteiger partial charge in [-0.25, -0.2) is 0 Å². The van der Waals surface area contributed by atoms with E-state index in [0.29, 0.717) is 5.54 Å². The molecule has 0 radical (unpaired) electrons. The second kappa shape index (κ2) is 3.08. The smallest absolute Gasteiger partial charge is 0.246 e. The Hall–Kier alpha value is -0.530. The Labute approximate surface area is 75.9 Å². The molecule has 0 N–H and O–H groups in total. The van der Waals surface area contributed by atoms with Gasteiger partial charge >= 0.3 is 0 Å². The summed E-state index contributed by atoms with van der Waals surface area (Å²) in [5, 5.41) is 0. The van der Waals surface area contributed by atoms with Crippen LogP contribution < -0.4 is 0 Å². The van der Waals surface area contributed by atoms with Gasteiger partial charge in [0.1, 0.15) is 12.1 Å². The highest BCUT2D eigenvalue weighted by Gasteiger charge is 2.41. The molecule has 2 heteroatoms. The van der Waals surface area contributed by atoms with Crippen LogP contribution in [0.2, 0.25) is 0 Å². The highest BCUT2D eigenvalue weighted by atomic mass is 15.3. The van der Waals surface area contributed by atoms with Gasteiger partial charge < -0.3 is 0 Å². The Bertz CT molecular complexity index is 208. The topological polar surface area (TPSA) is 6.25 Å². The average molecular weight is 169 g/mol. The fourth-order valence-corrected chi connectivity index (χ4v) is 2.13. The maximum Gasteiger partial charge on any atom is 0.246 e. The largest absolute Gasteiger partial charge is 0.264 e. The van der Waals surface area contributed by atoms with E-state index in [0.717, 1.165) is 6.42 Å². The number of hydrogen-bond acceptors (Lipinski definition) is 1. The maximum atomic E-state index is 2.44. The summed E-state index contributed by atoms with van der Waals surface area (Å²) in [4.78, 5) is 2.38. The van der Waals surface area contributed by atoms with Gasteiger partial charge in [-0.1, -0.05) is 13.8 Å². The van der Waals surface area contributed by atoms with Crippen molar-refractivity contribution in [1.82, 2.24) is 4.90 Å². The second-order valence-corrected chi connectivity index (χ2v) is 4.04. The third kappa shape index (κ3) is 1.23. The highest BCUT2D eigenvalue weighted by Crippen LogP contribution is 2.22. The number of likely N-dealkylation sites (N-methyl/N-ethyl adjacent to an activating group) is 2. The molecule has 12 heavy (non-hydrogen) atoms. The normalized spacial score (nSPS) is 30.2. The van der Waals surface area contributed by atoms with Gasteiger partial charge in [-0.15, -0.1) is 0 Å². The molecule has 1 aliphatic rings. The van der Waals surface area contributed by atoms with Crippen molar-refractivity contribution in [3.05, 3.63) is 0 Å². The van der Waals surface area contributed by atoms with Gasteiger partial charge in [0.05, 0.1) is 14.1 Å². The number of nitrogens with zero attached hydrogens (tertiary/aromatic N) is 2. The molecule has 1 rings (SSSR count). The van der Waals surface area contributed by atoms with Crippen LogP contribution in [0.4, 0.5) is 0 Å². The van der Waals surface area contributed by atoms with E-state index in [1.165, 1.54) is 18.8 Å². The molecule has 0 aromatic rings. The van der Waals surface area contributed by atoms with Gasteiger partial charge in [0.15, 0.2) is 0 Å². The first-order valence-corrected chi connectivity index (χ1v) is 4.86. The molecule has 0 saturated carbocycles. The molecule has 0 bridgehead atoms. The zero-order valence-electron chi connectivity index (χ0n) is 9.02. The van der Waals surface area contributed by atoms with Gasteiger partial charge in [0.2, 0.25) is 5.84 Å². The van der Waals surface area contributed by atoms with Crippen LogP contribution in [0.1, 0.15) is 33.6 Å². The molecular formula is C10H21N2+. The van der Waals surface area contributed by atoms with Crippen LogP contribution in [-0.4, -0.2) is 41.5 Å². The third-order valence-electron chi connectivity index (χ3n) is 3.29. The first kappa shape index (κ1) is 9.56. The fourth-order valence-electron chi connectivity index (χ4n) is 2.13. The highest BCUT2D eigenvalue weighted by molar-refractivity contribution is 5.78. The standard InChI is InChI=1S/C10H21N2/c1-6-9-11(4)8-10(3,7-2)12(9)5/h6-8H2,1-5H3/q+1. The Morgan fingerprint density at radius 1 is 1.50 bits per heavy atom. The molecule has 0 aromatic carbocycles. The van der Waals surface area contributed by atoms with Crippen LogP contribution in [0.3, 0.4) is 0 Å². The van der Waals surface area contributed by atoms with E-state index in [4.69, 9.17) is 0 Å². The van der Waals surface area contributed by atoms with Gasteiger partial charge in [-0.2, -0.15) is 0 Å². The van der Waals surface area contributed by atoms with E-state index in [-0.39, 0.29) is 0 Å². The summed E-state index contributed by atoms with van der Waals surface area (Å²) in [5.74, 6) is 1.47. The lowest BCUT2D eigenvalue weighted by atomic mass is 10.00. The van der Waals surface area contributed by atoms with Crippen LogP contribution in [0.25, 0.3) is 0 Å². The van der Waals surface area contributed by atoms with Gasteiger partial charge in [-0.05, 0) is 13.3 Å². The number of hydrogen-bond donors (Lipinski definition) is 0. The Morgan fingerprint density at radius 3 is 2.33 bits per heavy atom. The Kier molecular flexibility index (Phi) is 2.45. The van der Waals surface area contributed by atoms with E-state index in [9.17, 15) is 0 Å². The Balaban J connectivity index is 2.95. The monoisotopic (exact) mass is 169 g/mol. The quantitative estimate of drug-likeness (QED) is 0.568. The predicted molar refractivity (Wildman–Crippen MR) is 52.8 cm³/mol. The molecular weight excluding hydrogens is 148 g/mol. The van der Waals surface area contributed by atoms with Crippen LogP contribution in [0.15, 0.2) is 0 Å².